The summed E-state index contributed by atoms with van der Waals surface area (Å²) < 4.78 is 10.6. The number of aliphatic carboxylic acids is 1. The Labute approximate surface area is 100 Å². The number of hydrogen-bond acceptors (Lipinski definition) is 6. The molecule has 1 heterocycles. The largest absolute Gasteiger partial charge is 0.550 e. The van der Waals surface area contributed by atoms with Crippen molar-refractivity contribution in [3.05, 3.63) is 0 Å². The van der Waals surface area contributed by atoms with Gasteiger partial charge < -0.3 is 29.6 Å². The Hall–Kier alpha value is -0.690. The molecule has 6 nitrogen and oxygen atoms in total. The summed E-state index contributed by atoms with van der Waals surface area (Å²) in [4.78, 5) is 10.2. The van der Waals surface area contributed by atoms with Crippen molar-refractivity contribution in [3.8, 4) is 0 Å². The first-order valence-electron chi connectivity index (χ1n) is 5.83. The van der Waals surface area contributed by atoms with Crippen LogP contribution in [0.2, 0.25) is 0 Å². The molecule has 0 aromatic carbocycles. The number of aliphatic hydroxyl groups excluding tert-OH is 2. The fourth-order valence-electron chi connectivity index (χ4n) is 1.66. The quantitative estimate of drug-likeness (QED) is 0.571. The summed E-state index contributed by atoms with van der Waals surface area (Å²) in [6, 6.07) is 0. The van der Waals surface area contributed by atoms with Crippen LogP contribution < -0.4 is 5.11 Å². The average molecular weight is 247 g/mol. The monoisotopic (exact) mass is 247 g/mol. The standard InChI is InChI=1S/C11H20O6/c1-7-8(12)6-9(13)11(17-7)16-5-3-2-4-10(14)15/h7-9,11-13H,2-6H2,1H3,(H,14,15)/p-1/t7-,8+,9+,11+/m0/s1. The van der Waals surface area contributed by atoms with E-state index in [1.807, 2.05) is 0 Å². The molecule has 1 rings (SSSR count). The van der Waals surface area contributed by atoms with Gasteiger partial charge in [0.25, 0.3) is 0 Å². The van der Waals surface area contributed by atoms with Gasteiger partial charge >= 0.3 is 0 Å². The number of unbranched alkanes of at least 4 members (excludes halogenated alkanes) is 1. The molecule has 100 valence electrons. The molecule has 1 aliphatic rings. The average Bonchev–Trinajstić information content (AvgIpc) is 2.24. The van der Waals surface area contributed by atoms with E-state index in [-0.39, 0.29) is 18.9 Å². The topological polar surface area (TPSA) is 99.1 Å². The lowest BCUT2D eigenvalue weighted by Gasteiger charge is -2.35. The first-order valence-corrected chi connectivity index (χ1v) is 5.83. The number of carboxylic acids is 1. The highest BCUT2D eigenvalue weighted by atomic mass is 16.7. The van der Waals surface area contributed by atoms with Gasteiger partial charge in [0.2, 0.25) is 0 Å². The van der Waals surface area contributed by atoms with Crippen LogP contribution in [0.4, 0.5) is 0 Å². The van der Waals surface area contributed by atoms with Crippen molar-refractivity contribution in [2.75, 3.05) is 6.61 Å². The fraction of sp³-hybridized carbons (Fsp3) is 0.909. The van der Waals surface area contributed by atoms with Crippen LogP contribution in [0.5, 0.6) is 0 Å². The van der Waals surface area contributed by atoms with Gasteiger partial charge in [-0.1, -0.05) is 0 Å². The molecule has 6 heteroatoms. The molecule has 0 aliphatic carbocycles. The number of rotatable bonds is 6. The highest BCUT2D eigenvalue weighted by Gasteiger charge is 2.34. The SMILES string of the molecule is C[C@@H]1O[C@@H](OCCCCC(=O)[O-])[C@H](O)C[C@H]1O. The first-order chi connectivity index (χ1) is 8.00. The summed E-state index contributed by atoms with van der Waals surface area (Å²) in [6.07, 6.45) is -1.36. The van der Waals surface area contributed by atoms with Crippen LogP contribution in [0.1, 0.15) is 32.6 Å². The van der Waals surface area contributed by atoms with Crippen LogP contribution in [-0.2, 0) is 14.3 Å². The molecule has 0 saturated carbocycles. The molecule has 1 saturated heterocycles. The van der Waals surface area contributed by atoms with E-state index in [0.717, 1.165) is 0 Å². The summed E-state index contributed by atoms with van der Waals surface area (Å²) in [5.74, 6) is -1.07. The molecule has 0 aromatic rings. The number of carbonyl (C=O) groups is 1. The van der Waals surface area contributed by atoms with Crippen LogP contribution in [0.15, 0.2) is 0 Å². The Morgan fingerprint density at radius 3 is 2.76 bits per heavy atom. The molecule has 1 aliphatic heterocycles. The number of hydrogen-bond donors (Lipinski definition) is 2. The second kappa shape index (κ2) is 6.90. The minimum Gasteiger partial charge on any atom is -0.550 e. The van der Waals surface area contributed by atoms with Crippen molar-refractivity contribution in [2.45, 2.75) is 57.2 Å². The minimum atomic E-state index is -1.07. The predicted molar refractivity (Wildman–Crippen MR) is 55.8 cm³/mol. The van der Waals surface area contributed by atoms with Crippen molar-refractivity contribution in [1.82, 2.24) is 0 Å². The number of carboxylic acid groups (broad SMARTS) is 1. The van der Waals surface area contributed by atoms with E-state index in [1.54, 1.807) is 6.92 Å². The third-order valence-electron chi connectivity index (χ3n) is 2.75. The van der Waals surface area contributed by atoms with Gasteiger partial charge in [-0.2, -0.15) is 0 Å². The van der Waals surface area contributed by atoms with Gasteiger partial charge in [-0.25, -0.2) is 0 Å². The Balaban J connectivity index is 2.16. The van der Waals surface area contributed by atoms with Crippen molar-refractivity contribution >= 4 is 5.97 Å². The van der Waals surface area contributed by atoms with Gasteiger partial charge in [-0.15, -0.1) is 0 Å². The molecule has 0 aromatic heterocycles. The van der Waals surface area contributed by atoms with Gasteiger partial charge in [-0.3, -0.25) is 0 Å². The third kappa shape index (κ3) is 4.99. The van der Waals surface area contributed by atoms with Crippen LogP contribution in [0, 0.1) is 0 Å². The molecule has 17 heavy (non-hydrogen) atoms. The molecule has 0 radical (unpaired) electrons. The van der Waals surface area contributed by atoms with Gasteiger partial charge in [0.05, 0.1) is 12.2 Å². The summed E-state index contributed by atoms with van der Waals surface area (Å²) in [5.41, 5.74) is 0. The molecule has 0 bridgehead atoms. The lowest BCUT2D eigenvalue weighted by atomic mass is 10.0. The summed E-state index contributed by atoms with van der Waals surface area (Å²) in [6.45, 7) is 2.03. The second-order valence-corrected chi connectivity index (χ2v) is 4.28. The van der Waals surface area contributed by atoms with Crippen LogP contribution in [-0.4, -0.2) is 47.4 Å². The summed E-state index contributed by atoms with van der Waals surface area (Å²) in [5, 5.41) is 29.2. The summed E-state index contributed by atoms with van der Waals surface area (Å²) >= 11 is 0. The van der Waals surface area contributed by atoms with Crippen molar-refractivity contribution in [2.24, 2.45) is 0 Å². The van der Waals surface area contributed by atoms with Gasteiger partial charge in [0, 0.05) is 19.0 Å². The minimum absolute atomic E-state index is 0.00650. The molecular formula is C11H19O6-. The van der Waals surface area contributed by atoms with Crippen LogP contribution in [0.25, 0.3) is 0 Å². The predicted octanol–water partition coefficient (Wildman–Crippen LogP) is -1.22. The highest BCUT2D eigenvalue weighted by molar-refractivity contribution is 5.63. The molecule has 2 N–H and O–H groups in total. The van der Waals surface area contributed by atoms with Crippen LogP contribution in [0.3, 0.4) is 0 Å². The Morgan fingerprint density at radius 2 is 2.12 bits per heavy atom. The van der Waals surface area contributed by atoms with E-state index >= 15 is 0 Å². The lowest BCUT2D eigenvalue weighted by molar-refractivity contribution is -0.305. The Kier molecular flexibility index (Phi) is 5.84. The third-order valence-corrected chi connectivity index (χ3v) is 2.75. The van der Waals surface area contributed by atoms with E-state index in [9.17, 15) is 20.1 Å². The molecule has 1 fully saturated rings. The lowest BCUT2D eigenvalue weighted by Crippen LogP contribution is -2.47. The normalized spacial score (nSPS) is 33.6. The van der Waals surface area contributed by atoms with E-state index in [1.165, 1.54) is 0 Å². The molecule has 4 atom stereocenters. The highest BCUT2D eigenvalue weighted by Crippen LogP contribution is 2.21. The van der Waals surface area contributed by atoms with Gasteiger partial charge in [0.1, 0.15) is 6.10 Å². The number of carbonyl (C=O) groups excluding carboxylic acids is 1. The molecule has 0 amide bonds. The van der Waals surface area contributed by atoms with E-state index < -0.39 is 24.5 Å². The zero-order valence-electron chi connectivity index (χ0n) is 9.87. The van der Waals surface area contributed by atoms with E-state index in [2.05, 4.69) is 0 Å². The fourth-order valence-corrected chi connectivity index (χ4v) is 1.66. The zero-order chi connectivity index (χ0) is 12.8. The van der Waals surface area contributed by atoms with Gasteiger partial charge in [-0.05, 0) is 26.2 Å². The second-order valence-electron chi connectivity index (χ2n) is 4.28. The van der Waals surface area contributed by atoms with Crippen molar-refractivity contribution in [1.29, 1.82) is 0 Å². The first kappa shape index (κ1) is 14.4. The summed E-state index contributed by atoms with van der Waals surface area (Å²) in [7, 11) is 0. The van der Waals surface area contributed by atoms with E-state index in [0.29, 0.717) is 19.4 Å². The Bertz CT molecular complexity index is 244. The smallest absolute Gasteiger partial charge is 0.183 e. The maximum Gasteiger partial charge on any atom is 0.183 e. The number of ether oxygens (including phenoxy) is 2. The maximum absolute atomic E-state index is 10.2. The van der Waals surface area contributed by atoms with Crippen molar-refractivity contribution in [3.63, 3.8) is 0 Å². The van der Waals surface area contributed by atoms with E-state index in [4.69, 9.17) is 9.47 Å². The van der Waals surface area contributed by atoms with Crippen LogP contribution >= 0.6 is 0 Å². The van der Waals surface area contributed by atoms with Crippen molar-refractivity contribution < 1.29 is 29.6 Å². The molecule has 0 spiro atoms. The zero-order valence-corrected chi connectivity index (χ0v) is 9.87. The Morgan fingerprint density at radius 1 is 1.41 bits per heavy atom. The maximum atomic E-state index is 10.2. The molecule has 0 unspecified atom stereocenters. The number of aliphatic hydroxyl groups is 2. The van der Waals surface area contributed by atoms with Gasteiger partial charge in [0.15, 0.2) is 6.29 Å². The molecular weight excluding hydrogens is 228 g/mol.